The van der Waals surface area contributed by atoms with Crippen LogP contribution in [0.5, 0.6) is 0 Å². The van der Waals surface area contributed by atoms with Crippen molar-refractivity contribution in [1.82, 2.24) is 4.90 Å². The van der Waals surface area contributed by atoms with Crippen LogP contribution in [0.4, 0.5) is 4.79 Å². The molecule has 21 heavy (non-hydrogen) atoms. The molecule has 1 atom stereocenters. The summed E-state index contributed by atoms with van der Waals surface area (Å²) in [5.74, 6) is -0.318. The lowest BCUT2D eigenvalue weighted by Crippen LogP contribution is -2.54. The predicted octanol–water partition coefficient (Wildman–Crippen LogP) is 3.51. The molecule has 1 unspecified atom stereocenters. The standard InChI is InChI=1S/C16H29NO4/c1-6-7-8-10-16(13(18)20-5)11-9-12-17(16)14(19)21-15(2,3)4/h6-12H2,1-5H3. The van der Waals surface area contributed by atoms with Crippen LogP contribution in [0.25, 0.3) is 0 Å². The number of hydrogen-bond donors (Lipinski definition) is 0. The maximum Gasteiger partial charge on any atom is 0.411 e. The zero-order valence-corrected chi connectivity index (χ0v) is 14.0. The van der Waals surface area contributed by atoms with E-state index < -0.39 is 17.2 Å². The minimum atomic E-state index is -0.841. The maximum absolute atomic E-state index is 12.4. The van der Waals surface area contributed by atoms with E-state index in [9.17, 15) is 9.59 Å². The Balaban J connectivity index is 2.93. The third-order valence-electron chi connectivity index (χ3n) is 3.86. The Morgan fingerprint density at radius 1 is 1.24 bits per heavy atom. The number of unbranched alkanes of at least 4 members (excludes halogenated alkanes) is 2. The number of carbonyl (C=O) groups is 2. The SMILES string of the molecule is CCCCCC1(C(=O)OC)CCCN1C(=O)OC(C)(C)C. The number of rotatable bonds is 5. The third-order valence-corrected chi connectivity index (χ3v) is 3.86. The number of esters is 1. The number of ether oxygens (including phenoxy) is 2. The maximum atomic E-state index is 12.4. The fourth-order valence-electron chi connectivity index (χ4n) is 2.89. The van der Waals surface area contributed by atoms with Crippen LogP contribution >= 0.6 is 0 Å². The average Bonchev–Trinajstić information content (AvgIpc) is 2.81. The Morgan fingerprint density at radius 3 is 2.43 bits per heavy atom. The molecule has 0 bridgehead atoms. The lowest BCUT2D eigenvalue weighted by Gasteiger charge is -2.36. The monoisotopic (exact) mass is 299 g/mol. The van der Waals surface area contributed by atoms with Gasteiger partial charge in [-0.15, -0.1) is 0 Å². The van der Waals surface area contributed by atoms with Gasteiger partial charge in [-0.05, 0) is 40.0 Å². The summed E-state index contributed by atoms with van der Waals surface area (Å²) in [6.07, 6.45) is 4.72. The fraction of sp³-hybridized carbons (Fsp3) is 0.875. The van der Waals surface area contributed by atoms with Crippen LogP contribution in [0.2, 0.25) is 0 Å². The third kappa shape index (κ3) is 4.35. The molecule has 0 aromatic rings. The number of carbonyl (C=O) groups excluding carboxylic acids is 2. The van der Waals surface area contributed by atoms with E-state index in [1.807, 2.05) is 20.8 Å². The van der Waals surface area contributed by atoms with Crippen LogP contribution in [0.1, 0.15) is 66.2 Å². The Labute approximate surface area is 128 Å². The molecule has 5 nitrogen and oxygen atoms in total. The van der Waals surface area contributed by atoms with Crippen molar-refractivity contribution in [2.45, 2.75) is 77.4 Å². The lowest BCUT2D eigenvalue weighted by atomic mass is 9.89. The zero-order chi connectivity index (χ0) is 16.1. The molecule has 1 rings (SSSR count). The Hall–Kier alpha value is -1.26. The van der Waals surface area contributed by atoms with Gasteiger partial charge >= 0.3 is 12.1 Å². The molecule has 0 aromatic heterocycles. The van der Waals surface area contributed by atoms with Crippen molar-refractivity contribution in [3.63, 3.8) is 0 Å². The molecule has 122 valence electrons. The van der Waals surface area contributed by atoms with Gasteiger partial charge in [0.2, 0.25) is 0 Å². The molecule has 0 aliphatic carbocycles. The summed E-state index contributed by atoms with van der Waals surface area (Å²) in [6.45, 7) is 8.16. The van der Waals surface area contributed by atoms with Gasteiger partial charge in [-0.3, -0.25) is 4.90 Å². The first-order chi connectivity index (χ1) is 9.77. The zero-order valence-electron chi connectivity index (χ0n) is 14.0. The molecule has 1 aliphatic rings. The van der Waals surface area contributed by atoms with Gasteiger partial charge in [0.15, 0.2) is 0 Å². The van der Waals surface area contributed by atoms with Crippen molar-refractivity contribution in [2.75, 3.05) is 13.7 Å². The predicted molar refractivity (Wildman–Crippen MR) is 81.1 cm³/mol. The largest absolute Gasteiger partial charge is 0.467 e. The topological polar surface area (TPSA) is 55.8 Å². The first-order valence-electron chi connectivity index (χ1n) is 7.86. The van der Waals surface area contributed by atoms with E-state index in [4.69, 9.17) is 9.47 Å². The second kappa shape index (κ2) is 7.14. The summed E-state index contributed by atoms with van der Waals surface area (Å²) in [5, 5.41) is 0. The highest BCUT2D eigenvalue weighted by Gasteiger charge is 2.51. The highest BCUT2D eigenvalue weighted by atomic mass is 16.6. The normalized spacial score (nSPS) is 22.2. The van der Waals surface area contributed by atoms with Crippen molar-refractivity contribution in [3.8, 4) is 0 Å². The van der Waals surface area contributed by atoms with Crippen LogP contribution in [0, 0.1) is 0 Å². The van der Waals surface area contributed by atoms with Gasteiger partial charge in [0.05, 0.1) is 7.11 Å². The number of methoxy groups -OCH3 is 1. The van der Waals surface area contributed by atoms with Crippen molar-refractivity contribution in [2.24, 2.45) is 0 Å². The summed E-state index contributed by atoms with van der Waals surface area (Å²) in [4.78, 5) is 26.3. The number of likely N-dealkylation sites (tertiary alicyclic amines) is 1. The van der Waals surface area contributed by atoms with Crippen LogP contribution in [0.15, 0.2) is 0 Å². The second-order valence-corrected chi connectivity index (χ2v) is 6.72. The summed E-state index contributed by atoms with van der Waals surface area (Å²) in [7, 11) is 1.38. The van der Waals surface area contributed by atoms with Crippen molar-refractivity contribution >= 4 is 12.1 Å². The second-order valence-electron chi connectivity index (χ2n) is 6.72. The van der Waals surface area contributed by atoms with Crippen LogP contribution < -0.4 is 0 Å². The van der Waals surface area contributed by atoms with Gasteiger partial charge in [-0.25, -0.2) is 9.59 Å². The lowest BCUT2D eigenvalue weighted by molar-refractivity contribution is -0.153. The number of amides is 1. The smallest absolute Gasteiger partial charge is 0.411 e. The van der Waals surface area contributed by atoms with Gasteiger partial charge in [-0.1, -0.05) is 26.2 Å². The molecular weight excluding hydrogens is 270 g/mol. The van der Waals surface area contributed by atoms with E-state index in [0.29, 0.717) is 19.4 Å². The molecule has 0 aromatic carbocycles. The van der Waals surface area contributed by atoms with E-state index in [1.165, 1.54) is 7.11 Å². The minimum Gasteiger partial charge on any atom is -0.467 e. The molecule has 1 fully saturated rings. The van der Waals surface area contributed by atoms with Crippen molar-refractivity contribution < 1.29 is 19.1 Å². The van der Waals surface area contributed by atoms with Crippen LogP contribution in [0.3, 0.4) is 0 Å². The quantitative estimate of drug-likeness (QED) is 0.576. The molecule has 1 amide bonds. The van der Waals surface area contributed by atoms with Gasteiger partial charge in [-0.2, -0.15) is 0 Å². The molecule has 1 heterocycles. The summed E-state index contributed by atoms with van der Waals surface area (Å²) in [6, 6.07) is 0. The molecular formula is C16H29NO4. The van der Waals surface area contributed by atoms with E-state index in [0.717, 1.165) is 25.7 Å². The van der Waals surface area contributed by atoms with Gasteiger partial charge in [0.25, 0.3) is 0 Å². The first-order valence-corrected chi connectivity index (χ1v) is 7.86. The Morgan fingerprint density at radius 2 is 1.90 bits per heavy atom. The van der Waals surface area contributed by atoms with E-state index in [2.05, 4.69) is 6.92 Å². The van der Waals surface area contributed by atoms with E-state index in [1.54, 1.807) is 4.90 Å². The average molecular weight is 299 g/mol. The first kappa shape index (κ1) is 17.8. The van der Waals surface area contributed by atoms with E-state index >= 15 is 0 Å². The summed E-state index contributed by atoms with van der Waals surface area (Å²) >= 11 is 0. The molecule has 1 aliphatic heterocycles. The molecule has 0 radical (unpaired) electrons. The molecule has 1 saturated heterocycles. The van der Waals surface area contributed by atoms with Gasteiger partial charge in [0.1, 0.15) is 11.1 Å². The highest BCUT2D eigenvalue weighted by Crippen LogP contribution is 2.36. The summed E-state index contributed by atoms with van der Waals surface area (Å²) in [5.41, 5.74) is -1.41. The van der Waals surface area contributed by atoms with Crippen LogP contribution in [-0.4, -0.2) is 41.8 Å². The Kier molecular flexibility index (Phi) is 6.05. The molecule has 5 heteroatoms. The molecule has 0 spiro atoms. The number of nitrogens with zero attached hydrogens (tertiary/aromatic N) is 1. The van der Waals surface area contributed by atoms with Crippen molar-refractivity contribution in [3.05, 3.63) is 0 Å². The van der Waals surface area contributed by atoms with Gasteiger partial charge in [0, 0.05) is 6.54 Å². The number of hydrogen-bond acceptors (Lipinski definition) is 4. The fourth-order valence-corrected chi connectivity index (χ4v) is 2.89. The highest BCUT2D eigenvalue weighted by molar-refractivity contribution is 5.86. The van der Waals surface area contributed by atoms with Crippen molar-refractivity contribution in [1.29, 1.82) is 0 Å². The molecule has 0 N–H and O–H groups in total. The summed E-state index contributed by atoms with van der Waals surface area (Å²) < 4.78 is 10.4. The molecule has 0 saturated carbocycles. The Bertz CT molecular complexity index is 375. The minimum absolute atomic E-state index is 0.318. The van der Waals surface area contributed by atoms with E-state index in [-0.39, 0.29) is 5.97 Å². The van der Waals surface area contributed by atoms with Crippen LogP contribution in [-0.2, 0) is 14.3 Å². The van der Waals surface area contributed by atoms with Gasteiger partial charge < -0.3 is 9.47 Å².